The summed E-state index contributed by atoms with van der Waals surface area (Å²) in [6.07, 6.45) is 1.09. The number of benzene rings is 1. The van der Waals surface area contributed by atoms with E-state index in [1.165, 1.54) is 5.56 Å². The molecule has 1 heterocycles. The Morgan fingerprint density at radius 2 is 2.14 bits per heavy atom. The molecular weight excluding hydrogens is 172 g/mol. The molecule has 1 fully saturated rings. The van der Waals surface area contributed by atoms with Crippen LogP contribution in [-0.2, 0) is 6.42 Å². The van der Waals surface area contributed by atoms with Crippen LogP contribution in [0.5, 0.6) is 0 Å². The fourth-order valence-electron chi connectivity index (χ4n) is 1.81. The number of piperazine rings is 1. The van der Waals surface area contributed by atoms with Crippen molar-refractivity contribution in [3.63, 3.8) is 0 Å². The summed E-state index contributed by atoms with van der Waals surface area (Å²) in [4.78, 5) is 0. The molecule has 0 bridgehead atoms. The molecule has 1 aliphatic rings. The molecule has 2 heteroatoms. The molecule has 0 amide bonds. The van der Waals surface area contributed by atoms with Gasteiger partial charge in [-0.2, -0.15) is 0 Å². The van der Waals surface area contributed by atoms with Crippen LogP contribution >= 0.6 is 0 Å². The molecule has 75 valence electrons. The topological polar surface area (TPSA) is 26.1 Å². The summed E-state index contributed by atoms with van der Waals surface area (Å²) in [5, 5.41) is 8.07. The van der Waals surface area contributed by atoms with E-state index in [0.29, 0.717) is 12.1 Å². The van der Waals surface area contributed by atoms with Crippen LogP contribution in [0.15, 0.2) is 30.3 Å². The van der Waals surface area contributed by atoms with Crippen molar-refractivity contribution in [2.45, 2.75) is 25.4 Å². The molecule has 1 aromatic carbocycles. The van der Waals surface area contributed by atoms with E-state index in [4.69, 9.17) is 0 Å². The van der Waals surface area contributed by atoms with Crippen LogP contribution in [0.4, 0.5) is 0 Å². The quantitative estimate of drug-likeness (QED) is 0.743. The Balaban J connectivity index is 1.87. The van der Waals surface area contributed by atoms with Crippen LogP contribution in [0.25, 0.3) is 0 Å². The SMILES string of the molecule is CC1CNC(Cc2ccccc2)C[N]1. The van der Waals surface area contributed by atoms with Crippen LogP contribution in [0, 0.1) is 0 Å². The third-order valence-electron chi connectivity index (χ3n) is 2.66. The van der Waals surface area contributed by atoms with Crippen molar-refractivity contribution in [1.82, 2.24) is 10.6 Å². The van der Waals surface area contributed by atoms with Crippen molar-refractivity contribution >= 4 is 0 Å². The molecule has 2 unspecified atom stereocenters. The van der Waals surface area contributed by atoms with Crippen LogP contribution in [0.3, 0.4) is 0 Å². The molecule has 0 saturated carbocycles. The van der Waals surface area contributed by atoms with Gasteiger partial charge in [0.1, 0.15) is 0 Å². The van der Waals surface area contributed by atoms with Gasteiger partial charge in [0.15, 0.2) is 0 Å². The molecule has 0 spiro atoms. The van der Waals surface area contributed by atoms with Crippen molar-refractivity contribution in [2.24, 2.45) is 0 Å². The largest absolute Gasteiger partial charge is 0.311 e. The van der Waals surface area contributed by atoms with Gasteiger partial charge in [-0.05, 0) is 18.9 Å². The molecular formula is C12H17N2. The molecule has 14 heavy (non-hydrogen) atoms. The van der Waals surface area contributed by atoms with Crippen LogP contribution in [0.2, 0.25) is 0 Å². The molecule has 1 aliphatic heterocycles. The van der Waals surface area contributed by atoms with Gasteiger partial charge in [-0.15, -0.1) is 0 Å². The minimum atomic E-state index is 0.488. The second kappa shape index (κ2) is 4.58. The fourth-order valence-corrected chi connectivity index (χ4v) is 1.81. The van der Waals surface area contributed by atoms with Crippen molar-refractivity contribution in [3.05, 3.63) is 35.9 Å². The number of rotatable bonds is 2. The smallest absolute Gasteiger partial charge is 0.0343 e. The zero-order valence-electron chi connectivity index (χ0n) is 8.61. The van der Waals surface area contributed by atoms with E-state index in [9.17, 15) is 0 Å². The fraction of sp³-hybridized carbons (Fsp3) is 0.500. The van der Waals surface area contributed by atoms with Gasteiger partial charge >= 0.3 is 0 Å². The first kappa shape index (κ1) is 9.69. The highest BCUT2D eigenvalue weighted by atomic mass is 15.1. The van der Waals surface area contributed by atoms with Crippen molar-refractivity contribution in [3.8, 4) is 0 Å². The van der Waals surface area contributed by atoms with Crippen molar-refractivity contribution < 1.29 is 0 Å². The maximum absolute atomic E-state index is 4.54. The number of hydrogen-bond donors (Lipinski definition) is 1. The first-order chi connectivity index (χ1) is 6.84. The summed E-state index contributed by atoms with van der Waals surface area (Å²) in [5.74, 6) is 0. The first-order valence-electron chi connectivity index (χ1n) is 5.28. The minimum absolute atomic E-state index is 0.488. The summed E-state index contributed by atoms with van der Waals surface area (Å²) in [6.45, 7) is 4.14. The predicted molar refractivity (Wildman–Crippen MR) is 58.4 cm³/mol. The van der Waals surface area contributed by atoms with Crippen LogP contribution in [-0.4, -0.2) is 25.2 Å². The summed E-state index contributed by atoms with van der Waals surface area (Å²) in [5.41, 5.74) is 1.40. The maximum atomic E-state index is 4.54. The Labute approximate surface area is 85.7 Å². The minimum Gasteiger partial charge on any atom is -0.311 e. The monoisotopic (exact) mass is 189 g/mol. The molecule has 1 aromatic rings. The van der Waals surface area contributed by atoms with Gasteiger partial charge < -0.3 is 5.32 Å². The van der Waals surface area contributed by atoms with E-state index < -0.39 is 0 Å². The van der Waals surface area contributed by atoms with Crippen LogP contribution < -0.4 is 10.6 Å². The Morgan fingerprint density at radius 1 is 1.36 bits per heavy atom. The van der Waals surface area contributed by atoms with E-state index in [-0.39, 0.29) is 0 Å². The van der Waals surface area contributed by atoms with Gasteiger partial charge in [0, 0.05) is 25.2 Å². The van der Waals surface area contributed by atoms with E-state index in [2.05, 4.69) is 47.9 Å². The molecule has 1 N–H and O–H groups in total. The lowest BCUT2D eigenvalue weighted by atomic mass is 10.0. The lowest BCUT2D eigenvalue weighted by molar-refractivity contribution is 0.352. The second-order valence-corrected chi connectivity index (χ2v) is 4.01. The molecule has 2 nitrogen and oxygen atoms in total. The zero-order chi connectivity index (χ0) is 9.80. The maximum Gasteiger partial charge on any atom is 0.0343 e. The Kier molecular flexibility index (Phi) is 3.17. The number of nitrogens with one attached hydrogen (secondary N) is 1. The molecule has 0 aliphatic carbocycles. The van der Waals surface area contributed by atoms with Crippen molar-refractivity contribution in [2.75, 3.05) is 13.1 Å². The molecule has 2 rings (SSSR count). The molecule has 2 atom stereocenters. The van der Waals surface area contributed by atoms with E-state index in [0.717, 1.165) is 19.5 Å². The summed E-state index contributed by atoms with van der Waals surface area (Å²) < 4.78 is 0. The lowest BCUT2D eigenvalue weighted by Crippen LogP contribution is -2.50. The molecule has 0 aromatic heterocycles. The van der Waals surface area contributed by atoms with Gasteiger partial charge in [0.05, 0.1) is 0 Å². The average Bonchev–Trinajstić information content (AvgIpc) is 2.23. The highest BCUT2D eigenvalue weighted by molar-refractivity contribution is 5.16. The lowest BCUT2D eigenvalue weighted by Gasteiger charge is -2.27. The summed E-state index contributed by atoms with van der Waals surface area (Å²) in [7, 11) is 0. The Morgan fingerprint density at radius 3 is 2.79 bits per heavy atom. The third kappa shape index (κ3) is 2.56. The first-order valence-corrected chi connectivity index (χ1v) is 5.28. The van der Waals surface area contributed by atoms with E-state index >= 15 is 0 Å². The van der Waals surface area contributed by atoms with Crippen molar-refractivity contribution in [1.29, 1.82) is 0 Å². The number of nitrogens with zero attached hydrogens (tertiary/aromatic N) is 1. The summed E-state index contributed by atoms with van der Waals surface area (Å²) >= 11 is 0. The van der Waals surface area contributed by atoms with Gasteiger partial charge in [0.25, 0.3) is 0 Å². The van der Waals surface area contributed by atoms with Gasteiger partial charge in [-0.25, -0.2) is 5.32 Å². The highest BCUT2D eigenvalue weighted by Gasteiger charge is 2.17. The molecule has 1 radical (unpaired) electrons. The van der Waals surface area contributed by atoms with Crippen LogP contribution in [0.1, 0.15) is 12.5 Å². The Bertz CT molecular complexity index is 263. The zero-order valence-corrected chi connectivity index (χ0v) is 8.61. The van der Waals surface area contributed by atoms with Gasteiger partial charge in [-0.1, -0.05) is 30.3 Å². The van der Waals surface area contributed by atoms with E-state index in [1.807, 2.05) is 0 Å². The van der Waals surface area contributed by atoms with Gasteiger partial charge in [0.2, 0.25) is 0 Å². The third-order valence-corrected chi connectivity index (χ3v) is 2.66. The number of hydrogen-bond acceptors (Lipinski definition) is 1. The standard InChI is InChI=1S/C12H17N2/c1-10-8-14-12(9-13-10)7-11-5-3-2-4-6-11/h2-6,10,12,14H,7-9H2,1H3. The van der Waals surface area contributed by atoms with E-state index in [1.54, 1.807) is 0 Å². The second-order valence-electron chi connectivity index (χ2n) is 4.01. The average molecular weight is 189 g/mol. The highest BCUT2D eigenvalue weighted by Crippen LogP contribution is 2.05. The molecule has 1 saturated heterocycles. The Hall–Kier alpha value is -0.860. The van der Waals surface area contributed by atoms with Gasteiger partial charge in [-0.3, -0.25) is 0 Å². The predicted octanol–water partition coefficient (Wildman–Crippen LogP) is 1.19. The normalized spacial score (nSPS) is 27.5. The summed E-state index contributed by atoms with van der Waals surface area (Å²) in [6, 6.07) is 11.6.